The summed E-state index contributed by atoms with van der Waals surface area (Å²) in [4.78, 5) is 40.9. The minimum atomic E-state index is -0.706. The molecule has 0 saturated carbocycles. The number of nitrogens with one attached hydrogen (secondary N) is 3. The van der Waals surface area contributed by atoms with E-state index < -0.39 is 18.1 Å². The lowest BCUT2D eigenvalue weighted by molar-refractivity contribution is -0.140. The highest BCUT2D eigenvalue weighted by Crippen LogP contribution is 2.33. The summed E-state index contributed by atoms with van der Waals surface area (Å²) >= 11 is 0. The van der Waals surface area contributed by atoms with Crippen molar-refractivity contribution in [2.24, 2.45) is 5.92 Å². The van der Waals surface area contributed by atoms with Gasteiger partial charge in [-0.1, -0.05) is 38.1 Å². The molecule has 0 fully saturated rings. The molecule has 1 aliphatic carbocycles. The summed E-state index contributed by atoms with van der Waals surface area (Å²) in [5.74, 6) is 0.498. The monoisotopic (exact) mass is 482 g/mol. The van der Waals surface area contributed by atoms with Gasteiger partial charge in [0.15, 0.2) is 0 Å². The Morgan fingerprint density at radius 3 is 2.60 bits per heavy atom. The molecule has 0 aromatic heterocycles. The third-order valence-electron chi connectivity index (χ3n) is 7.09. The van der Waals surface area contributed by atoms with Gasteiger partial charge in [0, 0.05) is 26.6 Å². The molecule has 2 bridgehead atoms. The second-order valence-corrected chi connectivity index (χ2v) is 10.4. The first kappa shape index (κ1) is 25.2. The zero-order valence-corrected chi connectivity index (χ0v) is 21.2. The van der Waals surface area contributed by atoms with E-state index in [1.165, 1.54) is 10.5 Å². The molecular formula is C27H38N4O4. The Balaban J connectivity index is 1.56. The van der Waals surface area contributed by atoms with Crippen molar-refractivity contribution >= 4 is 17.7 Å². The van der Waals surface area contributed by atoms with Gasteiger partial charge < -0.3 is 20.3 Å². The Morgan fingerprint density at radius 2 is 1.89 bits per heavy atom. The van der Waals surface area contributed by atoms with Crippen LogP contribution in [-0.2, 0) is 27.2 Å². The Morgan fingerprint density at radius 1 is 1.14 bits per heavy atom. The molecule has 3 amide bonds. The molecule has 0 spiro atoms. The molecule has 1 unspecified atom stereocenters. The number of aryl methyl sites for hydroxylation is 1. The number of likely N-dealkylation sites (N-methyl/N-ethyl adjacent to an activating group) is 1. The molecule has 0 radical (unpaired) electrons. The highest BCUT2D eigenvalue weighted by molar-refractivity contribution is 5.94. The van der Waals surface area contributed by atoms with Crippen molar-refractivity contribution in [1.82, 2.24) is 20.9 Å². The van der Waals surface area contributed by atoms with Crippen molar-refractivity contribution in [3.63, 3.8) is 0 Å². The van der Waals surface area contributed by atoms with E-state index in [1.807, 2.05) is 19.9 Å². The van der Waals surface area contributed by atoms with Gasteiger partial charge in [0.25, 0.3) is 0 Å². The standard InChI is InChI=1S/C27H38N4O4/c1-16(2)13-22-26(33)28-12-6-9-19-7-5-8-20-14-21(35-24(19)20)15-29-23(18-10-11-18)27(34)31(4)17(3)25(32)30-22/h5,7-8,10,16-17,21-23,29H,6,9,11-15H2,1-4H3,(H,28,33)(H,30,32)/t17-,21?,22-,23+/m1/s1. The van der Waals surface area contributed by atoms with E-state index in [0.29, 0.717) is 19.5 Å². The molecule has 1 aromatic rings. The number of ether oxygens (including phenoxy) is 1. The second kappa shape index (κ2) is 10.8. The van der Waals surface area contributed by atoms with Crippen LogP contribution in [0.2, 0.25) is 0 Å². The molecule has 4 atom stereocenters. The number of carbonyl (C=O) groups is 3. The van der Waals surface area contributed by atoms with Crippen LogP contribution in [0.3, 0.4) is 0 Å². The van der Waals surface area contributed by atoms with Crippen LogP contribution in [0.5, 0.6) is 5.75 Å². The highest BCUT2D eigenvalue weighted by Gasteiger charge is 2.35. The van der Waals surface area contributed by atoms with Crippen LogP contribution in [0.25, 0.3) is 0 Å². The third-order valence-corrected chi connectivity index (χ3v) is 7.09. The average molecular weight is 483 g/mol. The fourth-order valence-corrected chi connectivity index (χ4v) is 4.81. The first-order valence-corrected chi connectivity index (χ1v) is 12.8. The summed E-state index contributed by atoms with van der Waals surface area (Å²) in [6.07, 6.45) is 5.66. The predicted octanol–water partition coefficient (Wildman–Crippen LogP) is 1.72. The van der Waals surface area contributed by atoms with Gasteiger partial charge in [-0.15, -0.1) is 0 Å². The molecular weight excluding hydrogens is 444 g/mol. The van der Waals surface area contributed by atoms with E-state index in [0.717, 1.165) is 42.6 Å². The fraction of sp³-hybridized carbons (Fsp3) is 0.593. The first-order chi connectivity index (χ1) is 16.7. The zero-order chi connectivity index (χ0) is 25.1. The number of carbonyl (C=O) groups excluding carboxylic acids is 3. The van der Waals surface area contributed by atoms with Gasteiger partial charge in [-0.25, -0.2) is 0 Å². The highest BCUT2D eigenvalue weighted by atomic mass is 16.5. The van der Waals surface area contributed by atoms with Crippen molar-refractivity contribution in [2.75, 3.05) is 20.1 Å². The van der Waals surface area contributed by atoms with Gasteiger partial charge >= 0.3 is 0 Å². The number of rotatable bonds is 3. The number of para-hydroxylation sites is 1. The van der Waals surface area contributed by atoms with Crippen LogP contribution in [0, 0.1) is 5.92 Å². The van der Waals surface area contributed by atoms with Crippen LogP contribution in [0.1, 0.15) is 51.2 Å². The van der Waals surface area contributed by atoms with Crippen LogP contribution in [0.15, 0.2) is 29.8 Å². The molecule has 8 heteroatoms. The van der Waals surface area contributed by atoms with E-state index in [9.17, 15) is 14.4 Å². The Bertz CT molecular complexity index is 1000. The Labute approximate surface area is 207 Å². The minimum Gasteiger partial charge on any atom is -0.488 e. The summed E-state index contributed by atoms with van der Waals surface area (Å²) in [5, 5.41) is 9.29. The molecule has 3 aliphatic rings. The third kappa shape index (κ3) is 6.04. The van der Waals surface area contributed by atoms with E-state index in [2.05, 4.69) is 34.1 Å². The number of allylic oxidation sites excluding steroid dienone is 1. The maximum absolute atomic E-state index is 13.4. The molecule has 3 N–H and O–H groups in total. The van der Waals surface area contributed by atoms with Crippen molar-refractivity contribution in [3.8, 4) is 5.75 Å². The van der Waals surface area contributed by atoms with E-state index in [4.69, 9.17) is 4.74 Å². The van der Waals surface area contributed by atoms with Gasteiger partial charge in [-0.05, 0) is 55.2 Å². The van der Waals surface area contributed by atoms with Crippen molar-refractivity contribution in [2.45, 2.75) is 77.1 Å². The summed E-state index contributed by atoms with van der Waals surface area (Å²) in [6, 6.07) is 4.41. The van der Waals surface area contributed by atoms with E-state index >= 15 is 0 Å². The van der Waals surface area contributed by atoms with Crippen molar-refractivity contribution in [3.05, 3.63) is 41.0 Å². The minimum absolute atomic E-state index is 0.0535. The lowest BCUT2D eigenvalue weighted by atomic mass is 10.0. The van der Waals surface area contributed by atoms with Gasteiger partial charge in [0.1, 0.15) is 30.0 Å². The predicted molar refractivity (Wildman–Crippen MR) is 134 cm³/mol. The van der Waals surface area contributed by atoms with E-state index in [-0.39, 0.29) is 29.7 Å². The Hall–Kier alpha value is -2.87. The molecule has 2 aliphatic heterocycles. The molecule has 35 heavy (non-hydrogen) atoms. The van der Waals surface area contributed by atoms with Crippen LogP contribution >= 0.6 is 0 Å². The molecule has 8 nitrogen and oxygen atoms in total. The zero-order valence-electron chi connectivity index (χ0n) is 21.2. The largest absolute Gasteiger partial charge is 0.488 e. The fourth-order valence-electron chi connectivity index (χ4n) is 4.81. The molecule has 2 heterocycles. The average Bonchev–Trinajstić information content (AvgIpc) is 3.57. The summed E-state index contributed by atoms with van der Waals surface area (Å²) < 4.78 is 6.31. The normalized spacial score (nSPS) is 28.0. The number of hydrogen-bond acceptors (Lipinski definition) is 5. The number of hydrogen-bond donors (Lipinski definition) is 3. The molecule has 190 valence electrons. The number of fused-ring (bicyclic) bond motifs is 1. The maximum Gasteiger partial charge on any atom is 0.244 e. The summed E-state index contributed by atoms with van der Waals surface area (Å²) in [5.41, 5.74) is 3.36. The lowest BCUT2D eigenvalue weighted by Crippen LogP contribution is -2.56. The van der Waals surface area contributed by atoms with Gasteiger partial charge in [0.05, 0.1) is 0 Å². The molecule has 0 saturated heterocycles. The quantitative estimate of drug-likeness (QED) is 0.570. The number of nitrogens with zero attached hydrogens (tertiary/aromatic N) is 1. The molecule has 1 aromatic carbocycles. The number of amides is 3. The van der Waals surface area contributed by atoms with Gasteiger partial charge in [-0.2, -0.15) is 0 Å². The second-order valence-electron chi connectivity index (χ2n) is 10.4. The topological polar surface area (TPSA) is 99.8 Å². The SMILES string of the molecule is CC(C)C[C@H]1NC(=O)[C@@H](C)N(C)C(=O)[C@H](C2=CC2)NCC2Cc3cccc(c3O2)CCCNC1=O. The van der Waals surface area contributed by atoms with Gasteiger partial charge in [0.2, 0.25) is 17.7 Å². The van der Waals surface area contributed by atoms with Crippen LogP contribution in [-0.4, -0.2) is 67.0 Å². The van der Waals surface area contributed by atoms with Crippen molar-refractivity contribution in [1.29, 1.82) is 0 Å². The number of benzene rings is 1. The smallest absolute Gasteiger partial charge is 0.244 e. The first-order valence-electron chi connectivity index (χ1n) is 12.8. The van der Waals surface area contributed by atoms with Crippen molar-refractivity contribution < 1.29 is 19.1 Å². The maximum atomic E-state index is 13.4. The van der Waals surface area contributed by atoms with E-state index in [1.54, 1.807) is 14.0 Å². The summed E-state index contributed by atoms with van der Waals surface area (Å²) in [6.45, 7) is 6.80. The summed E-state index contributed by atoms with van der Waals surface area (Å²) in [7, 11) is 1.65. The van der Waals surface area contributed by atoms with Gasteiger partial charge in [-0.3, -0.25) is 19.7 Å². The Kier molecular flexibility index (Phi) is 7.79. The molecule has 4 rings (SSSR count). The van der Waals surface area contributed by atoms with Crippen LogP contribution in [0.4, 0.5) is 0 Å². The van der Waals surface area contributed by atoms with Crippen LogP contribution < -0.4 is 20.7 Å². The lowest BCUT2D eigenvalue weighted by Gasteiger charge is -2.30.